The highest BCUT2D eigenvalue weighted by molar-refractivity contribution is 5.86. The summed E-state index contributed by atoms with van der Waals surface area (Å²) in [5, 5.41) is 1.36. The first-order valence-electron chi connectivity index (χ1n) is 12.2. The fraction of sp³-hybridized carbons (Fsp3) is 0.250. The summed E-state index contributed by atoms with van der Waals surface area (Å²) < 4.78 is 8.54. The Hall–Kier alpha value is -3.52. The fourth-order valence-electron chi connectivity index (χ4n) is 5.42. The van der Waals surface area contributed by atoms with Crippen LogP contribution >= 0.6 is 0 Å². The van der Waals surface area contributed by atoms with Gasteiger partial charge < -0.3 is 9.30 Å². The smallest absolute Gasteiger partial charge is 0.119 e. The van der Waals surface area contributed by atoms with Gasteiger partial charge in [-0.1, -0.05) is 84.5 Å². The van der Waals surface area contributed by atoms with Gasteiger partial charge in [-0.15, -0.1) is 0 Å². The lowest BCUT2D eigenvalue weighted by Crippen LogP contribution is -2.23. The second-order valence-electron chi connectivity index (χ2n) is 9.95. The molecular formula is C32H33NO. The van der Waals surface area contributed by atoms with E-state index in [0.29, 0.717) is 12.5 Å². The van der Waals surface area contributed by atoms with Gasteiger partial charge in [-0.05, 0) is 69.0 Å². The molecule has 4 aromatic rings. The van der Waals surface area contributed by atoms with Crippen LogP contribution in [0, 0.1) is 6.92 Å². The molecule has 0 radical (unpaired) electrons. The van der Waals surface area contributed by atoms with Crippen LogP contribution in [0.3, 0.4) is 0 Å². The molecule has 1 unspecified atom stereocenters. The summed E-state index contributed by atoms with van der Waals surface area (Å²) >= 11 is 0. The lowest BCUT2D eigenvalue weighted by atomic mass is 9.89. The molecule has 1 aliphatic rings. The van der Waals surface area contributed by atoms with Crippen LogP contribution < -0.4 is 4.74 Å². The number of fused-ring (bicyclic) bond motifs is 3. The van der Waals surface area contributed by atoms with Gasteiger partial charge in [-0.3, -0.25) is 0 Å². The highest BCUT2D eigenvalue weighted by atomic mass is 16.5. The predicted octanol–water partition coefficient (Wildman–Crippen LogP) is 8.41. The molecule has 2 heterocycles. The maximum absolute atomic E-state index is 5.96. The normalized spacial score (nSPS) is 19.5. The van der Waals surface area contributed by atoms with Crippen molar-refractivity contribution in [2.45, 2.75) is 52.2 Å². The molecule has 2 atom stereocenters. The Morgan fingerprint density at radius 2 is 1.68 bits per heavy atom. The van der Waals surface area contributed by atoms with Crippen LogP contribution in [0.15, 0.2) is 96.6 Å². The zero-order valence-corrected chi connectivity index (χ0v) is 20.6. The summed E-state index contributed by atoms with van der Waals surface area (Å²) in [6.07, 6.45) is 8.17. The van der Waals surface area contributed by atoms with Crippen molar-refractivity contribution in [2.24, 2.45) is 0 Å². The standard InChI is InChI=1S/C32H33NO/c1-23(2)20-27-21-32(4,33-30-13-9-8-12-29(30)24(3)31(27)33)19-18-25-14-16-28(17-15-25)34-22-26-10-6-5-7-11-26/h5-20,27H,21-22H2,1-4H3/b19-18+/t27?,32-/m0/s1. The van der Waals surface area contributed by atoms with Gasteiger partial charge in [0.2, 0.25) is 0 Å². The lowest BCUT2D eigenvalue weighted by Gasteiger charge is -2.25. The second kappa shape index (κ2) is 9.02. The summed E-state index contributed by atoms with van der Waals surface area (Å²) in [5.74, 6) is 1.33. The Morgan fingerprint density at radius 1 is 0.971 bits per heavy atom. The molecule has 0 saturated carbocycles. The number of ether oxygens (including phenoxy) is 1. The molecule has 3 aromatic carbocycles. The Morgan fingerprint density at radius 3 is 2.41 bits per heavy atom. The third-order valence-corrected chi connectivity index (χ3v) is 6.97. The average molecular weight is 448 g/mol. The quantitative estimate of drug-likeness (QED) is 0.271. The van der Waals surface area contributed by atoms with Crippen LogP contribution in [0.25, 0.3) is 17.0 Å². The van der Waals surface area contributed by atoms with Gasteiger partial charge >= 0.3 is 0 Å². The van der Waals surface area contributed by atoms with Crippen molar-refractivity contribution in [1.82, 2.24) is 4.57 Å². The first kappa shape index (κ1) is 22.3. The minimum Gasteiger partial charge on any atom is -0.489 e. The van der Waals surface area contributed by atoms with Crippen molar-refractivity contribution in [1.29, 1.82) is 0 Å². The van der Waals surface area contributed by atoms with Gasteiger partial charge in [0.15, 0.2) is 0 Å². The third kappa shape index (κ3) is 4.21. The van der Waals surface area contributed by atoms with E-state index < -0.39 is 0 Å². The molecular weight excluding hydrogens is 414 g/mol. The number of aromatic nitrogens is 1. The first-order valence-corrected chi connectivity index (χ1v) is 12.2. The van der Waals surface area contributed by atoms with Gasteiger partial charge in [0.05, 0.1) is 5.54 Å². The van der Waals surface area contributed by atoms with Crippen molar-refractivity contribution in [2.75, 3.05) is 0 Å². The molecule has 34 heavy (non-hydrogen) atoms. The van der Waals surface area contributed by atoms with Crippen molar-refractivity contribution in [3.63, 3.8) is 0 Å². The molecule has 1 aromatic heterocycles. The largest absolute Gasteiger partial charge is 0.489 e. The lowest BCUT2D eigenvalue weighted by molar-refractivity contribution is 0.306. The van der Waals surface area contributed by atoms with E-state index in [2.05, 4.69) is 111 Å². The van der Waals surface area contributed by atoms with Crippen LogP contribution in [-0.2, 0) is 12.1 Å². The van der Waals surface area contributed by atoms with E-state index in [1.807, 2.05) is 18.2 Å². The number of aryl methyl sites for hydroxylation is 1. The van der Waals surface area contributed by atoms with Crippen molar-refractivity contribution >= 4 is 17.0 Å². The molecule has 0 bridgehead atoms. The van der Waals surface area contributed by atoms with E-state index in [1.165, 1.54) is 38.9 Å². The van der Waals surface area contributed by atoms with E-state index >= 15 is 0 Å². The minimum atomic E-state index is -0.0811. The zero-order valence-electron chi connectivity index (χ0n) is 20.6. The van der Waals surface area contributed by atoms with Crippen molar-refractivity contribution in [3.8, 4) is 5.75 Å². The summed E-state index contributed by atoms with van der Waals surface area (Å²) in [6, 6.07) is 27.5. The SMILES string of the molecule is CC(C)=CC1C[C@](C)(/C=C/c2ccc(OCc3ccccc3)cc2)n2c1c(C)c1ccccc12. The van der Waals surface area contributed by atoms with Gasteiger partial charge in [-0.2, -0.15) is 0 Å². The van der Waals surface area contributed by atoms with E-state index in [9.17, 15) is 0 Å². The van der Waals surface area contributed by atoms with Gasteiger partial charge in [-0.25, -0.2) is 0 Å². The van der Waals surface area contributed by atoms with E-state index in [1.54, 1.807) is 0 Å². The summed E-state index contributed by atoms with van der Waals surface area (Å²) in [4.78, 5) is 0. The Labute approximate surface area is 203 Å². The summed E-state index contributed by atoms with van der Waals surface area (Å²) in [7, 11) is 0. The number of para-hydroxylation sites is 1. The second-order valence-corrected chi connectivity index (χ2v) is 9.95. The molecule has 2 nitrogen and oxygen atoms in total. The van der Waals surface area contributed by atoms with Crippen LogP contribution in [0.2, 0.25) is 0 Å². The van der Waals surface area contributed by atoms with Crippen LogP contribution in [0.4, 0.5) is 0 Å². The summed E-state index contributed by atoms with van der Waals surface area (Å²) in [6.45, 7) is 9.64. The van der Waals surface area contributed by atoms with Crippen LogP contribution in [0.1, 0.15) is 55.5 Å². The first-order chi connectivity index (χ1) is 16.4. The van der Waals surface area contributed by atoms with Crippen LogP contribution in [-0.4, -0.2) is 4.57 Å². The van der Waals surface area contributed by atoms with Crippen molar-refractivity contribution < 1.29 is 4.74 Å². The number of hydrogen-bond acceptors (Lipinski definition) is 1. The summed E-state index contributed by atoms with van der Waals surface area (Å²) in [5.41, 5.74) is 7.86. The zero-order chi connectivity index (χ0) is 23.7. The molecule has 0 fully saturated rings. The minimum absolute atomic E-state index is 0.0811. The number of rotatable bonds is 6. The maximum Gasteiger partial charge on any atom is 0.119 e. The topological polar surface area (TPSA) is 14.2 Å². The number of hydrogen-bond donors (Lipinski definition) is 0. The van der Waals surface area contributed by atoms with Gasteiger partial charge in [0.25, 0.3) is 0 Å². The van der Waals surface area contributed by atoms with Gasteiger partial charge in [0, 0.05) is 22.5 Å². The highest BCUT2D eigenvalue weighted by Crippen LogP contribution is 2.48. The number of benzene rings is 3. The van der Waals surface area contributed by atoms with E-state index in [4.69, 9.17) is 4.74 Å². The molecule has 1 aliphatic heterocycles. The molecule has 0 N–H and O–H groups in total. The number of allylic oxidation sites excluding steroid dienone is 3. The monoisotopic (exact) mass is 447 g/mol. The highest BCUT2D eigenvalue weighted by Gasteiger charge is 2.40. The maximum atomic E-state index is 5.96. The van der Waals surface area contributed by atoms with Crippen LogP contribution in [0.5, 0.6) is 5.75 Å². The molecule has 0 saturated heterocycles. The average Bonchev–Trinajstić information content (AvgIpc) is 3.31. The third-order valence-electron chi connectivity index (χ3n) is 6.97. The molecule has 0 spiro atoms. The predicted molar refractivity (Wildman–Crippen MR) is 143 cm³/mol. The Kier molecular flexibility index (Phi) is 5.91. The number of nitrogens with zero attached hydrogens (tertiary/aromatic N) is 1. The molecule has 2 heteroatoms. The Balaban J connectivity index is 1.41. The Bertz CT molecular complexity index is 1350. The molecule has 172 valence electrons. The molecule has 5 rings (SSSR count). The van der Waals surface area contributed by atoms with Gasteiger partial charge in [0.1, 0.15) is 12.4 Å². The fourth-order valence-corrected chi connectivity index (χ4v) is 5.42. The van der Waals surface area contributed by atoms with E-state index in [0.717, 1.165) is 12.2 Å². The molecule has 0 amide bonds. The molecule has 0 aliphatic carbocycles. The van der Waals surface area contributed by atoms with E-state index in [-0.39, 0.29) is 5.54 Å². The van der Waals surface area contributed by atoms with Crippen molar-refractivity contribution in [3.05, 3.63) is 119 Å².